The van der Waals surface area contributed by atoms with E-state index in [9.17, 15) is 14.7 Å². The van der Waals surface area contributed by atoms with Crippen LogP contribution in [0.15, 0.2) is 0 Å². The van der Waals surface area contributed by atoms with E-state index in [1.807, 2.05) is 15.7 Å². The molecule has 0 N–H and O–H groups in total. The molecule has 2 atom stereocenters. The minimum absolute atomic E-state index is 0.299. The highest BCUT2D eigenvalue weighted by Gasteiger charge is 2.61. The van der Waals surface area contributed by atoms with Gasteiger partial charge in [-0.15, -0.1) is 0 Å². The summed E-state index contributed by atoms with van der Waals surface area (Å²) in [7, 11) is 7.08. The molecule has 1 heterocycles. The summed E-state index contributed by atoms with van der Waals surface area (Å²) in [5.41, 5.74) is 0. The summed E-state index contributed by atoms with van der Waals surface area (Å²) < 4.78 is 10.7. The largest absolute Gasteiger partial charge is 0.618 e. The summed E-state index contributed by atoms with van der Waals surface area (Å²) in [5, 5.41) is 10.7. The number of nitro groups is 1. The molecular formula is C4H11B4NO3S. The number of hydrogen-bond acceptors (Lipinski definition) is 3. The van der Waals surface area contributed by atoms with E-state index in [0.717, 1.165) is 0 Å². The van der Waals surface area contributed by atoms with Gasteiger partial charge in [-0.05, 0) is 0 Å². The van der Waals surface area contributed by atoms with Crippen molar-refractivity contribution >= 4 is 42.6 Å². The molecule has 1 fully saturated rings. The summed E-state index contributed by atoms with van der Waals surface area (Å²) >= 11 is -1.14. The van der Waals surface area contributed by atoms with Crippen LogP contribution in [0.1, 0.15) is 6.42 Å². The Hall–Kier alpha value is -0.0303. The van der Waals surface area contributed by atoms with Gasteiger partial charge < -0.3 is 4.55 Å². The number of hydrogen-bond donors (Lipinski definition) is 0. The van der Waals surface area contributed by atoms with Crippen molar-refractivity contribution in [2.45, 2.75) is 21.6 Å². The summed E-state index contributed by atoms with van der Waals surface area (Å²) in [6.07, 6.45) is 0.402. The predicted octanol–water partition coefficient (Wildman–Crippen LogP) is -4.38. The van der Waals surface area contributed by atoms with Crippen LogP contribution in [0, 0.1) is 10.1 Å². The Morgan fingerprint density at radius 1 is 1.38 bits per heavy atom. The quantitative estimate of drug-likeness (QED) is 0.184. The maximum absolute atomic E-state index is 11.9. The fraction of sp³-hybridized carbons (Fsp3) is 1.00. The molecule has 0 aliphatic carbocycles. The van der Waals surface area contributed by atoms with Crippen LogP contribution in [0.3, 0.4) is 0 Å². The molecule has 0 aromatic rings. The minimum atomic E-state index is -1.14. The molecule has 1 aliphatic rings. The Kier molecular flexibility index (Phi) is 2.54. The summed E-state index contributed by atoms with van der Waals surface area (Å²) in [6, 6.07) is -0.677. The molecule has 0 bridgehead atoms. The second kappa shape index (κ2) is 2.98. The molecule has 0 radical (unpaired) electrons. The minimum Gasteiger partial charge on any atom is -0.618 e. The van der Waals surface area contributed by atoms with Crippen molar-refractivity contribution in [1.82, 2.24) is 0 Å². The highest BCUT2D eigenvalue weighted by atomic mass is 32.2. The van der Waals surface area contributed by atoms with Crippen molar-refractivity contribution in [3.8, 4) is 0 Å². The van der Waals surface area contributed by atoms with E-state index < -0.39 is 26.3 Å². The summed E-state index contributed by atoms with van der Waals surface area (Å²) in [4.78, 5) is 10.4. The van der Waals surface area contributed by atoms with Crippen molar-refractivity contribution in [2.24, 2.45) is 0 Å². The number of nitrogens with zero attached hydrogens (tertiary/aromatic N) is 1. The van der Waals surface area contributed by atoms with Crippen LogP contribution in [0.4, 0.5) is 0 Å². The van der Waals surface area contributed by atoms with Gasteiger partial charge in [-0.1, -0.05) is 11.2 Å². The average molecular weight is 196 g/mol. The fourth-order valence-electron chi connectivity index (χ4n) is 1.95. The maximum Gasteiger partial charge on any atom is 0.248 e. The van der Waals surface area contributed by atoms with E-state index in [1.165, 1.54) is 0 Å². The molecule has 1 saturated heterocycles. The van der Waals surface area contributed by atoms with E-state index in [1.54, 1.807) is 15.7 Å². The molecule has 2 unspecified atom stereocenters. The summed E-state index contributed by atoms with van der Waals surface area (Å²) in [6.45, 7) is 0. The van der Waals surface area contributed by atoms with E-state index in [0.29, 0.717) is 6.42 Å². The van der Waals surface area contributed by atoms with Crippen LogP contribution >= 0.6 is 0 Å². The Morgan fingerprint density at radius 3 is 2.00 bits per heavy atom. The molecule has 0 aromatic heterocycles. The van der Waals surface area contributed by atoms with Gasteiger partial charge in [-0.3, -0.25) is 10.1 Å². The molecular weight excluding hydrogens is 185 g/mol. The van der Waals surface area contributed by atoms with Crippen molar-refractivity contribution in [2.75, 3.05) is 0 Å². The van der Waals surface area contributed by atoms with E-state index >= 15 is 0 Å². The van der Waals surface area contributed by atoms with Crippen LogP contribution < -0.4 is 0 Å². The standard InChI is InChI=1S/C4H11B4NO3S/c5-3(6)1-2(9(10)11)4(7,8)13(3)12/h2H,1,5-8H2. The Morgan fingerprint density at radius 2 is 1.85 bits per heavy atom. The molecule has 0 aromatic carbocycles. The lowest BCUT2D eigenvalue weighted by Gasteiger charge is -2.29. The van der Waals surface area contributed by atoms with Gasteiger partial charge in [0, 0.05) is 4.92 Å². The van der Waals surface area contributed by atoms with Crippen LogP contribution in [0.5, 0.6) is 0 Å². The third kappa shape index (κ3) is 1.64. The first-order valence-corrected chi connectivity index (χ1v) is 5.40. The van der Waals surface area contributed by atoms with Gasteiger partial charge in [0.2, 0.25) is 6.04 Å². The number of rotatable bonds is 1. The first-order chi connectivity index (χ1) is 5.69. The zero-order valence-corrected chi connectivity index (χ0v) is 9.18. The van der Waals surface area contributed by atoms with Gasteiger partial charge in [-0.2, -0.15) is 0 Å². The van der Waals surface area contributed by atoms with E-state index in [-0.39, 0.29) is 4.92 Å². The van der Waals surface area contributed by atoms with Crippen molar-refractivity contribution < 1.29 is 9.48 Å². The van der Waals surface area contributed by atoms with Gasteiger partial charge in [0.15, 0.2) is 31.4 Å². The zero-order valence-electron chi connectivity index (χ0n) is 8.36. The third-order valence-electron chi connectivity index (χ3n) is 2.72. The average Bonchev–Trinajstić information content (AvgIpc) is 2.11. The van der Waals surface area contributed by atoms with E-state index in [2.05, 4.69) is 0 Å². The van der Waals surface area contributed by atoms with Crippen LogP contribution in [0.2, 0.25) is 0 Å². The van der Waals surface area contributed by atoms with Gasteiger partial charge in [-0.25, -0.2) is 0 Å². The lowest BCUT2D eigenvalue weighted by Crippen LogP contribution is -2.51. The topological polar surface area (TPSA) is 66.2 Å². The second-order valence-corrected chi connectivity index (χ2v) is 7.33. The van der Waals surface area contributed by atoms with E-state index in [4.69, 9.17) is 0 Å². The van der Waals surface area contributed by atoms with Crippen LogP contribution in [0.25, 0.3) is 0 Å². The molecule has 0 saturated carbocycles. The maximum atomic E-state index is 11.9. The first-order valence-electron chi connectivity index (χ1n) is 4.25. The first kappa shape index (κ1) is 11.0. The molecule has 1 rings (SSSR count). The molecule has 1 aliphatic heterocycles. The Labute approximate surface area is 84.2 Å². The van der Waals surface area contributed by atoms with Gasteiger partial charge in [0.25, 0.3) is 0 Å². The Bertz CT molecular complexity index is 248. The molecule has 0 spiro atoms. The monoisotopic (exact) mass is 197 g/mol. The molecule has 0 amide bonds. The SMILES string of the molecule is BC1(B)CC([N+](=O)[O-])C(B)(B)[S+]1[O-]. The molecule has 13 heavy (non-hydrogen) atoms. The normalized spacial score (nSPS) is 35.8. The zero-order chi connectivity index (χ0) is 10.4. The Balaban J connectivity index is 3.00. The van der Waals surface area contributed by atoms with Crippen molar-refractivity contribution in [3.05, 3.63) is 10.1 Å². The lowest BCUT2D eigenvalue weighted by molar-refractivity contribution is -0.520. The predicted molar refractivity (Wildman–Crippen MR) is 63.2 cm³/mol. The van der Waals surface area contributed by atoms with Crippen molar-refractivity contribution in [1.29, 1.82) is 0 Å². The smallest absolute Gasteiger partial charge is 0.248 e. The van der Waals surface area contributed by atoms with Gasteiger partial charge >= 0.3 is 0 Å². The molecule has 68 valence electrons. The van der Waals surface area contributed by atoms with Crippen LogP contribution in [-0.2, 0) is 11.2 Å². The molecule has 9 heteroatoms. The second-order valence-electron chi connectivity index (χ2n) is 4.64. The third-order valence-corrected chi connectivity index (χ3v) is 5.12. The highest BCUT2D eigenvalue weighted by Crippen LogP contribution is 2.38. The molecule has 4 nitrogen and oxygen atoms in total. The summed E-state index contributed by atoms with van der Waals surface area (Å²) in [5.74, 6) is 0. The van der Waals surface area contributed by atoms with Gasteiger partial charge in [0.05, 0.1) is 11.0 Å². The lowest BCUT2D eigenvalue weighted by atomic mass is 9.59. The van der Waals surface area contributed by atoms with Crippen molar-refractivity contribution in [3.63, 3.8) is 0 Å². The highest BCUT2D eigenvalue weighted by molar-refractivity contribution is 7.99. The fourth-order valence-corrected chi connectivity index (χ4v) is 4.10. The van der Waals surface area contributed by atoms with Crippen LogP contribution in [-0.4, -0.2) is 56.0 Å². The van der Waals surface area contributed by atoms with Gasteiger partial charge in [0.1, 0.15) is 4.55 Å².